The minimum atomic E-state index is -1.36. The van der Waals surface area contributed by atoms with Crippen molar-refractivity contribution in [3.8, 4) is 11.5 Å². The quantitative estimate of drug-likeness (QED) is 0.0525. The Hall–Kier alpha value is -4.96. The Morgan fingerprint density at radius 2 is 1.70 bits per heavy atom. The van der Waals surface area contributed by atoms with Gasteiger partial charge in [0, 0.05) is 43.2 Å². The Labute approximate surface area is 336 Å². The summed E-state index contributed by atoms with van der Waals surface area (Å²) in [4.78, 5) is 23.2. The van der Waals surface area contributed by atoms with E-state index in [2.05, 4.69) is 19.6 Å². The van der Waals surface area contributed by atoms with Gasteiger partial charge in [-0.25, -0.2) is 0 Å². The number of aliphatic hydroxyl groups excluding tert-OH is 2. The SMILES string of the molecule is C=CCOC12Oc3ccc(O)cc3C3C(CCCCO)C(CCCCO)C=C(C(=NOCc4ccccc4)CC1N(CCC)C(=O)c1ccc4ccccc4c1)C32. The lowest BCUT2D eigenvalue weighted by molar-refractivity contribution is -0.254. The highest BCUT2D eigenvalue weighted by Crippen LogP contribution is 2.62. The molecule has 4 aromatic rings. The molecule has 9 heteroatoms. The molecule has 1 aliphatic heterocycles. The highest BCUT2D eigenvalue weighted by atomic mass is 16.7. The number of amides is 1. The third kappa shape index (κ3) is 8.38. The molecule has 57 heavy (non-hydrogen) atoms. The maximum absolute atomic E-state index is 15.1. The highest BCUT2D eigenvalue weighted by Gasteiger charge is 2.65. The van der Waals surface area contributed by atoms with Crippen molar-refractivity contribution < 1.29 is 34.4 Å². The number of phenolic OH excluding ortho intramolecular Hbond substituents is 1. The predicted molar refractivity (Wildman–Crippen MR) is 223 cm³/mol. The first kappa shape index (κ1) is 40.2. The van der Waals surface area contributed by atoms with E-state index in [1.54, 1.807) is 12.1 Å². The van der Waals surface area contributed by atoms with Crippen molar-refractivity contribution in [2.75, 3.05) is 26.4 Å². The van der Waals surface area contributed by atoms with Crippen LogP contribution in [0.1, 0.15) is 85.7 Å². The fourth-order valence-electron chi connectivity index (χ4n) is 9.54. The van der Waals surface area contributed by atoms with Crippen molar-refractivity contribution in [3.05, 3.63) is 132 Å². The topological polar surface area (TPSA) is 121 Å². The first-order valence-electron chi connectivity index (χ1n) is 20.7. The molecule has 9 nitrogen and oxygen atoms in total. The maximum Gasteiger partial charge on any atom is 0.254 e. The Bertz CT molecular complexity index is 2060. The number of rotatable bonds is 18. The van der Waals surface area contributed by atoms with Gasteiger partial charge in [0.05, 0.1) is 18.2 Å². The van der Waals surface area contributed by atoms with E-state index in [1.807, 2.05) is 89.8 Å². The maximum atomic E-state index is 15.1. The zero-order chi connectivity index (χ0) is 39.8. The van der Waals surface area contributed by atoms with Gasteiger partial charge in [-0.05, 0) is 96.2 Å². The number of ether oxygens (including phenoxy) is 2. The third-order valence-corrected chi connectivity index (χ3v) is 12.0. The summed E-state index contributed by atoms with van der Waals surface area (Å²) in [5.74, 6) is -1.21. The molecule has 300 valence electrons. The van der Waals surface area contributed by atoms with Crippen molar-refractivity contribution in [1.82, 2.24) is 4.90 Å². The fraction of sp³-hybridized carbons (Fsp3) is 0.417. The molecule has 0 bridgehead atoms. The van der Waals surface area contributed by atoms with Gasteiger partial charge in [-0.1, -0.05) is 97.7 Å². The number of carbonyl (C=O) groups is 1. The van der Waals surface area contributed by atoms with Crippen LogP contribution in [0.15, 0.2) is 120 Å². The number of aromatic hydroxyl groups is 1. The number of aliphatic hydroxyl groups is 2. The number of carbonyl (C=O) groups excluding carboxylic acids is 1. The molecule has 0 aromatic heterocycles. The van der Waals surface area contributed by atoms with Gasteiger partial charge in [-0.3, -0.25) is 4.79 Å². The van der Waals surface area contributed by atoms with E-state index >= 15 is 4.79 Å². The second kappa shape index (κ2) is 18.5. The number of oxime groups is 1. The van der Waals surface area contributed by atoms with Crippen molar-refractivity contribution in [2.24, 2.45) is 22.9 Å². The second-order valence-corrected chi connectivity index (χ2v) is 15.6. The molecule has 6 atom stereocenters. The standard InChI is InChI=1S/C48H56N2O7/c1-3-24-50(47(54)37-21-20-34-16-8-9-17-35(34)28-37)44-31-42(49-56-32-33-14-6-5-7-15-33)40-29-36(18-10-12-25-51)39(19-11-13-26-52)45-41-30-38(53)22-23-43(41)57-48(44,46(40)45)55-27-4-2/h4-9,14-17,20-23,28-30,36,39,44-46,51-53H,2-3,10-13,18-19,24-27,31-32H2,1H3. The van der Waals surface area contributed by atoms with Crippen molar-refractivity contribution in [3.63, 3.8) is 0 Å². The van der Waals surface area contributed by atoms with Gasteiger partial charge in [-0.15, -0.1) is 6.58 Å². The average molecular weight is 773 g/mol. The molecule has 0 spiro atoms. The highest BCUT2D eigenvalue weighted by molar-refractivity contribution is 6.04. The number of hydrogen-bond acceptors (Lipinski definition) is 8. The van der Waals surface area contributed by atoms with E-state index in [1.165, 1.54) is 0 Å². The summed E-state index contributed by atoms with van der Waals surface area (Å²) in [6, 6.07) is 28.5. The number of fused-ring (bicyclic) bond motifs is 3. The van der Waals surface area contributed by atoms with Crippen LogP contribution in [-0.4, -0.2) is 70.0 Å². The molecule has 0 saturated heterocycles. The van der Waals surface area contributed by atoms with Crippen LogP contribution < -0.4 is 4.74 Å². The molecule has 2 aliphatic carbocycles. The number of phenols is 1. The lowest BCUT2D eigenvalue weighted by atomic mass is 9.55. The molecule has 3 N–H and O–H groups in total. The van der Waals surface area contributed by atoms with Crippen LogP contribution in [0.25, 0.3) is 10.8 Å². The summed E-state index contributed by atoms with van der Waals surface area (Å²) >= 11 is 0. The summed E-state index contributed by atoms with van der Waals surface area (Å²) in [5, 5.41) is 37.7. The Morgan fingerprint density at radius 3 is 2.46 bits per heavy atom. The zero-order valence-corrected chi connectivity index (χ0v) is 33.0. The summed E-state index contributed by atoms with van der Waals surface area (Å²) in [6.45, 7) is 7.22. The molecule has 4 aromatic carbocycles. The van der Waals surface area contributed by atoms with Gasteiger partial charge >= 0.3 is 0 Å². The minimum Gasteiger partial charge on any atom is -0.508 e. The van der Waals surface area contributed by atoms with Gasteiger partial charge < -0.3 is 34.5 Å². The summed E-state index contributed by atoms with van der Waals surface area (Å²) in [6.07, 6.45) is 9.74. The monoisotopic (exact) mass is 772 g/mol. The lowest BCUT2D eigenvalue weighted by Gasteiger charge is -2.60. The Kier molecular flexibility index (Phi) is 13.1. The van der Waals surface area contributed by atoms with E-state index in [4.69, 9.17) is 19.5 Å². The molecule has 1 saturated carbocycles. The van der Waals surface area contributed by atoms with E-state index in [9.17, 15) is 15.3 Å². The number of hydrogen-bond donors (Lipinski definition) is 3. The van der Waals surface area contributed by atoms with Crippen molar-refractivity contribution in [2.45, 2.75) is 82.6 Å². The van der Waals surface area contributed by atoms with Gasteiger partial charge in [0.25, 0.3) is 5.91 Å². The first-order valence-corrected chi connectivity index (χ1v) is 20.7. The van der Waals surface area contributed by atoms with E-state index in [0.717, 1.165) is 58.9 Å². The summed E-state index contributed by atoms with van der Waals surface area (Å²) in [5.41, 5.74) is 4.16. The lowest BCUT2D eigenvalue weighted by Crippen LogP contribution is -2.70. The zero-order valence-electron chi connectivity index (χ0n) is 33.0. The van der Waals surface area contributed by atoms with Crippen LogP contribution in [0.4, 0.5) is 0 Å². The van der Waals surface area contributed by atoms with Gasteiger partial charge in [0.15, 0.2) is 0 Å². The molecular weight excluding hydrogens is 717 g/mol. The normalized spacial score (nSPS) is 24.2. The molecule has 7 rings (SSSR count). The van der Waals surface area contributed by atoms with Crippen molar-refractivity contribution in [1.29, 1.82) is 0 Å². The van der Waals surface area contributed by atoms with Crippen LogP contribution in [0, 0.1) is 17.8 Å². The smallest absolute Gasteiger partial charge is 0.254 e. The Balaban J connectivity index is 1.43. The Morgan fingerprint density at radius 1 is 0.947 bits per heavy atom. The largest absolute Gasteiger partial charge is 0.508 e. The van der Waals surface area contributed by atoms with Crippen LogP contribution in [0.2, 0.25) is 0 Å². The van der Waals surface area contributed by atoms with Gasteiger partial charge in [-0.2, -0.15) is 0 Å². The second-order valence-electron chi connectivity index (χ2n) is 15.6. The molecule has 1 amide bonds. The fourth-order valence-corrected chi connectivity index (χ4v) is 9.54. The number of unbranched alkanes of at least 4 members (excludes halogenated alkanes) is 2. The van der Waals surface area contributed by atoms with Gasteiger partial charge in [0.1, 0.15) is 24.1 Å². The number of nitrogens with zero attached hydrogens (tertiary/aromatic N) is 2. The number of allylic oxidation sites excluding steroid dienone is 1. The summed E-state index contributed by atoms with van der Waals surface area (Å²) in [7, 11) is 0. The van der Waals surface area contributed by atoms with Crippen LogP contribution in [-0.2, 0) is 16.2 Å². The molecule has 3 aliphatic rings. The van der Waals surface area contributed by atoms with Crippen LogP contribution in [0.3, 0.4) is 0 Å². The average Bonchev–Trinajstić information content (AvgIpc) is 3.23. The predicted octanol–water partition coefficient (Wildman–Crippen LogP) is 8.93. The molecule has 0 radical (unpaired) electrons. The number of benzene rings is 4. The van der Waals surface area contributed by atoms with Gasteiger partial charge in [0.2, 0.25) is 5.79 Å². The molecule has 1 heterocycles. The van der Waals surface area contributed by atoms with Crippen LogP contribution in [0.5, 0.6) is 11.5 Å². The molecule has 1 fully saturated rings. The molecular formula is C48H56N2O7. The first-order chi connectivity index (χ1) is 27.9. The van der Waals surface area contributed by atoms with Crippen LogP contribution >= 0.6 is 0 Å². The summed E-state index contributed by atoms with van der Waals surface area (Å²) < 4.78 is 14.3. The van der Waals surface area contributed by atoms with Crippen molar-refractivity contribution >= 4 is 22.4 Å². The van der Waals surface area contributed by atoms with E-state index < -0.39 is 17.7 Å². The molecule has 6 unspecified atom stereocenters. The van der Waals surface area contributed by atoms with E-state index in [-0.39, 0.29) is 55.8 Å². The minimum absolute atomic E-state index is 0.0706. The van der Waals surface area contributed by atoms with E-state index in [0.29, 0.717) is 43.5 Å². The third-order valence-electron chi connectivity index (χ3n) is 12.0.